The van der Waals surface area contributed by atoms with Gasteiger partial charge in [-0.2, -0.15) is 0 Å². The van der Waals surface area contributed by atoms with Crippen molar-refractivity contribution in [1.82, 2.24) is 9.80 Å². The molecule has 0 aliphatic carbocycles. The Balaban J connectivity index is 0.000000231. The van der Waals surface area contributed by atoms with E-state index >= 15 is 0 Å². The van der Waals surface area contributed by atoms with Crippen LogP contribution in [0.15, 0.2) is 61.2 Å². The zero-order chi connectivity index (χ0) is 30.8. The monoisotopic (exact) mass is 578 g/mol. The topological polar surface area (TPSA) is 102 Å². The van der Waals surface area contributed by atoms with Crippen molar-refractivity contribution in [3.8, 4) is 11.5 Å². The zero-order valence-corrected chi connectivity index (χ0v) is 25.2. The maximum Gasteiger partial charge on any atom is 0.223 e. The number of ether oxygens (including phenoxy) is 3. The Morgan fingerprint density at radius 1 is 0.810 bits per heavy atom. The summed E-state index contributed by atoms with van der Waals surface area (Å²) in [5.74, 6) is 1.24. The number of nitrogens with zero attached hydrogens (tertiary/aromatic N) is 2. The Morgan fingerprint density at radius 2 is 1.24 bits per heavy atom. The second kappa shape index (κ2) is 15.3. The number of benzene rings is 2. The first-order valence-electron chi connectivity index (χ1n) is 14.2. The lowest BCUT2D eigenvalue weighted by molar-refractivity contribution is -0.130. The van der Waals surface area contributed by atoms with Gasteiger partial charge in [0.2, 0.25) is 11.8 Å². The second-order valence-electron chi connectivity index (χ2n) is 10.6. The molecule has 2 aromatic rings. The summed E-state index contributed by atoms with van der Waals surface area (Å²) >= 11 is 0. The predicted molar refractivity (Wildman–Crippen MR) is 159 cm³/mol. The minimum Gasteiger partial charge on any atom is -0.497 e. The average Bonchev–Trinajstić information content (AvgIpc) is 3.61. The lowest BCUT2D eigenvalue weighted by Gasteiger charge is -2.25. The molecular weight excluding hydrogens is 536 g/mol. The first-order chi connectivity index (χ1) is 20.1. The summed E-state index contributed by atoms with van der Waals surface area (Å²) in [6.07, 6.45) is 2.27. The van der Waals surface area contributed by atoms with Crippen LogP contribution in [0, 0.1) is 11.8 Å². The number of carbonyl (C=O) groups is 4. The summed E-state index contributed by atoms with van der Waals surface area (Å²) in [4.78, 5) is 51.5. The van der Waals surface area contributed by atoms with E-state index in [2.05, 4.69) is 6.58 Å². The molecule has 2 fully saturated rings. The number of rotatable bonds is 12. The van der Waals surface area contributed by atoms with E-state index in [9.17, 15) is 19.2 Å². The van der Waals surface area contributed by atoms with Gasteiger partial charge in [0.25, 0.3) is 0 Å². The molecule has 0 aromatic heterocycles. The van der Waals surface area contributed by atoms with Crippen molar-refractivity contribution < 1.29 is 33.4 Å². The van der Waals surface area contributed by atoms with Crippen LogP contribution in [-0.4, -0.2) is 74.2 Å². The number of allylic oxidation sites excluding steroid dienone is 1. The third-order valence-electron chi connectivity index (χ3n) is 8.06. The molecule has 2 amide bonds. The minimum atomic E-state index is -0.249. The van der Waals surface area contributed by atoms with E-state index in [1.54, 1.807) is 31.1 Å². The number of hydrogen-bond donors (Lipinski definition) is 0. The molecular formula is C33H42N2O7. The highest BCUT2D eigenvalue weighted by atomic mass is 16.5. The molecule has 9 nitrogen and oxygen atoms in total. The molecule has 2 heterocycles. The normalized spacial score (nSPS) is 19.5. The number of amides is 2. The van der Waals surface area contributed by atoms with Crippen LogP contribution in [0.3, 0.4) is 0 Å². The number of methoxy groups -OCH3 is 3. The molecule has 226 valence electrons. The van der Waals surface area contributed by atoms with E-state index in [0.717, 1.165) is 22.6 Å². The molecule has 0 unspecified atom stereocenters. The highest BCUT2D eigenvalue weighted by Gasteiger charge is 2.37. The lowest BCUT2D eigenvalue weighted by Crippen LogP contribution is -2.29. The van der Waals surface area contributed by atoms with E-state index in [4.69, 9.17) is 14.2 Å². The number of ketones is 2. The van der Waals surface area contributed by atoms with E-state index in [1.165, 1.54) is 6.08 Å². The molecule has 2 aromatic carbocycles. The van der Waals surface area contributed by atoms with Gasteiger partial charge in [-0.1, -0.05) is 30.8 Å². The Labute approximate surface area is 248 Å². The maximum absolute atomic E-state index is 12.2. The van der Waals surface area contributed by atoms with Crippen molar-refractivity contribution in [3.05, 3.63) is 72.3 Å². The molecule has 2 saturated heterocycles. The summed E-state index contributed by atoms with van der Waals surface area (Å²) in [5.41, 5.74) is 2.07. The van der Waals surface area contributed by atoms with Crippen LogP contribution in [-0.2, 0) is 23.9 Å². The van der Waals surface area contributed by atoms with Gasteiger partial charge in [-0.15, -0.1) is 0 Å². The van der Waals surface area contributed by atoms with Crippen LogP contribution >= 0.6 is 0 Å². The van der Waals surface area contributed by atoms with E-state index in [0.29, 0.717) is 32.5 Å². The zero-order valence-electron chi connectivity index (χ0n) is 25.2. The van der Waals surface area contributed by atoms with Crippen LogP contribution in [0.25, 0.3) is 0 Å². The van der Waals surface area contributed by atoms with Crippen LogP contribution in [0.2, 0.25) is 0 Å². The quantitative estimate of drug-likeness (QED) is 0.340. The Kier molecular flexibility index (Phi) is 11.9. The molecule has 0 N–H and O–H groups in total. The maximum atomic E-state index is 12.2. The van der Waals surface area contributed by atoms with Gasteiger partial charge >= 0.3 is 0 Å². The fourth-order valence-electron chi connectivity index (χ4n) is 5.32. The van der Waals surface area contributed by atoms with E-state index in [1.807, 2.05) is 62.4 Å². The van der Waals surface area contributed by atoms with Crippen LogP contribution < -0.4 is 9.47 Å². The summed E-state index contributed by atoms with van der Waals surface area (Å²) < 4.78 is 15.2. The molecule has 0 spiro atoms. The first kappa shape index (κ1) is 32.5. The summed E-state index contributed by atoms with van der Waals surface area (Å²) in [7, 11) is 4.82. The fourth-order valence-corrected chi connectivity index (χ4v) is 5.32. The summed E-state index contributed by atoms with van der Waals surface area (Å²) in [6, 6.07) is 15.2. The van der Waals surface area contributed by atoms with Gasteiger partial charge in [-0.25, -0.2) is 0 Å². The van der Waals surface area contributed by atoms with Crippen molar-refractivity contribution in [3.63, 3.8) is 0 Å². The Bertz CT molecular complexity index is 1240. The van der Waals surface area contributed by atoms with Crippen LogP contribution in [0.5, 0.6) is 11.5 Å². The molecule has 9 heteroatoms. The highest BCUT2D eigenvalue weighted by Crippen LogP contribution is 2.31. The minimum absolute atomic E-state index is 0.0218. The van der Waals surface area contributed by atoms with Crippen molar-refractivity contribution in [2.45, 2.75) is 45.2 Å². The van der Waals surface area contributed by atoms with Gasteiger partial charge in [-0.05, 0) is 55.3 Å². The van der Waals surface area contributed by atoms with E-state index in [-0.39, 0.29) is 53.7 Å². The third-order valence-corrected chi connectivity index (χ3v) is 8.06. The van der Waals surface area contributed by atoms with Crippen molar-refractivity contribution in [2.75, 3.05) is 41.0 Å². The van der Waals surface area contributed by atoms with Gasteiger partial charge in [0.1, 0.15) is 17.3 Å². The van der Waals surface area contributed by atoms with Gasteiger partial charge in [0.15, 0.2) is 5.78 Å². The Hall–Kier alpha value is -3.98. The van der Waals surface area contributed by atoms with Gasteiger partial charge < -0.3 is 24.0 Å². The lowest BCUT2D eigenvalue weighted by atomic mass is 10.0. The standard InChI is InChI=1S/C17H23NO4.C16H19NO3/c1-12(13-4-6-15(22-3)7-5-13)18-11-14(10-17(18)20)16(19)8-9-21-2;1-4-15(18)13-9-16(19)17(10-13)11(2)12-5-7-14(20-3)8-6-12/h4-7,12,14H,8-11H2,1-3H3;4-8,11,13H,1,9-10H2,2-3H3/t12-,14-;11-,13-/m11/s1. The SMILES string of the molecule is C=CC(=O)[C@@H]1CC(=O)N([C@H](C)c2ccc(OC)cc2)C1.COCCC(=O)[C@@H]1CC(=O)N([C@H](C)c2ccc(OC)cc2)C1. The van der Waals surface area contributed by atoms with Crippen LogP contribution in [0.1, 0.15) is 56.3 Å². The smallest absolute Gasteiger partial charge is 0.223 e. The predicted octanol–water partition coefficient (Wildman–Crippen LogP) is 4.57. The largest absolute Gasteiger partial charge is 0.497 e. The van der Waals surface area contributed by atoms with E-state index < -0.39 is 0 Å². The van der Waals surface area contributed by atoms with Gasteiger partial charge in [0.05, 0.1) is 32.9 Å². The van der Waals surface area contributed by atoms with Crippen molar-refractivity contribution in [2.24, 2.45) is 11.8 Å². The van der Waals surface area contributed by atoms with Crippen molar-refractivity contribution in [1.29, 1.82) is 0 Å². The molecule has 0 bridgehead atoms. The second-order valence-corrected chi connectivity index (χ2v) is 10.6. The summed E-state index contributed by atoms with van der Waals surface area (Å²) in [5, 5.41) is 0. The highest BCUT2D eigenvalue weighted by molar-refractivity contribution is 5.96. The molecule has 2 aliphatic heterocycles. The van der Waals surface area contributed by atoms with Gasteiger partial charge in [0, 0.05) is 51.3 Å². The number of Topliss-reactive ketones (excluding diaryl/α,β-unsaturated/α-hetero) is 1. The molecule has 2 aliphatic rings. The molecule has 4 rings (SSSR count). The average molecular weight is 579 g/mol. The summed E-state index contributed by atoms with van der Waals surface area (Å²) in [6.45, 7) is 8.82. The number of hydrogen-bond acceptors (Lipinski definition) is 7. The Morgan fingerprint density at radius 3 is 1.64 bits per heavy atom. The number of carbonyl (C=O) groups excluding carboxylic acids is 4. The van der Waals surface area contributed by atoms with Gasteiger partial charge in [-0.3, -0.25) is 19.2 Å². The fraction of sp³-hybridized carbons (Fsp3) is 0.455. The molecule has 42 heavy (non-hydrogen) atoms. The third kappa shape index (κ3) is 8.06. The molecule has 0 saturated carbocycles. The van der Waals surface area contributed by atoms with Crippen LogP contribution in [0.4, 0.5) is 0 Å². The first-order valence-corrected chi connectivity index (χ1v) is 14.2. The number of likely N-dealkylation sites (tertiary alicyclic amines) is 2. The molecule has 0 radical (unpaired) electrons. The van der Waals surface area contributed by atoms with Crippen molar-refractivity contribution >= 4 is 23.4 Å². The molecule has 4 atom stereocenters.